The lowest BCUT2D eigenvalue weighted by atomic mass is 10.6. The lowest BCUT2D eigenvalue weighted by Crippen LogP contribution is -2.14. The zero-order chi connectivity index (χ0) is 9.14. The van der Waals surface area contributed by atoms with Crippen molar-refractivity contribution in [2.24, 2.45) is 0 Å². The first-order valence-electron chi connectivity index (χ1n) is 3.06. The third kappa shape index (κ3) is 1.60. The Morgan fingerprint density at radius 3 is 2.33 bits per heavy atom. The normalized spacial score (nSPS) is 9.42. The molecule has 0 atom stereocenters. The molecule has 0 saturated heterocycles. The maximum Gasteiger partial charge on any atom is 0.354 e. The van der Waals surface area contributed by atoms with Crippen LogP contribution in [0.25, 0.3) is 0 Å². The zero-order valence-electron chi connectivity index (χ0n) is 6.22. The van der Waals surface area contributed by atoms with E-state index >= 15 is 0 Å². The van der Waals surface area contributed by atoms with E-state index in [0.29, 0.717) is 4.73 Å². The highest BCUT2D eigenvalue weighted by molar-refractivity contribution is 5.65. The first-order chi connectivity index (χ1) is 5.61. The van der Waals surface area contributed by atoms with Crippen molar-refractivity contribution in [2.75, 3.05) is 0 Å². The number of aromatic nitrogens is 1. The summed E-state index contributed by atoms with van der Waals surface area (Å²) in [6.07, 6.45) is 0. The Balaban J connectivity index is 2.68. The molecule has 0 spiro atoms. The second kappa shape index (κ2) is 3.04. The van der Waals surface area contributed by atoms with Crippen LogP contribution in [0.15, 0.2) is 12.1 Å². The van der Waals surface area contributed by atoms with Gasteiger partial charge in [-0.05, 0) is 0 Å². The Hall–Kier alpha value is -1.85. The fraction of sp³-hybridized carbons (Fsp3) is 0.167. The van der Waals surface area contributed by atoms with Gasteiger partial charge in [0.15, 0.2) is 0 Å². The van der Waals surface area contributed by atoms with Crippen LogP contribution in [0.4, 0.5) is 0 Å². The van der Waals surface area contributed by atoms with Gasteiger partial charge in [0.1, 0.15) is 0 Å². The van der Waals surface area contributed by atoms with Crippen molar-refractivity contribution in [3.63, 3.8) is 0 Å². The monoisotopic (exact) mass is 173 g/mol. The van der Waals surface area contributed by atoms with E-state index in [4.69, 9.17) is 10.2 Å². The standard InChI is InChI=1S/C6H7NO5/c1-4(8)11-12-7-5(9)2-3-6(7)10/h2-3,9-10H,1H3. The molecule has 0 fully saturated rings. The van der Waals surface area contributed by atoms with E-state index in [0.717, 1.165) is 6.92 Å². The predicted molar refractivity (Wildman–Crippen MR) is 36.1 cm³/mol. The van der Waals surface area contributed by atoms with Crippen LogP contribution in [0, 0.1) is 0 Å². The van der Waals surface area contributed by atoms with Crippen molar-refractivity contribution < 1.29 is 24.9 Å². The molecular formula is C6H7NO5. The second-order valence-electron chi connectivity index (χ2n) is 1.99. The average molecular weight is 173 g/mol. The fourth-order valence-corrected chi connectivity index (χ4v) is 0.568. The lowest BCUT2D eigenvalue weighted by molar-refractivity contribution is -0.273. The minimum atomic E-state index is -0.692. The van der Waals surface area contributed by atoms with E-state index in [2.05, 4.69) is 9.88 Å². The summed E-state index contributed by atoms with van der Waals surface area (Å²) >= 11 is 0. The molecule has 0 aliphatic rings. The Morgan fingerprint density at radius 1 is 1.42 bits per heavy atom. The molecule has 12 heavy (non-hydrogen) atoms. The molecule has 1 heterocycles. The molecule has 0 saturated carbocycles. The molecule has 0 unspecified atom stereocenters. The summed E-state index contributed by atoms with van der Waals surface area (Å²) in [5, 5.41) is 17.9. The van der Waals surface area contributed by atoms with E-state index < -0.39 is 5.97 Å². The minimum absolute atomic E-state index is 0.367. The Morgan fingerprint density at radius 2 is 1.92 bits per heavy atom. The van der Waals surface area contributed by atoms with Crippen LogP contribution in [0.2, 0.25) is 0 Å². The molecule has 0 bridgehead atoms. The van der Waals surface area contributed by atoms with E-state index in [1.807, 2.05) is 0 Å². The van der Waals surface area contributed by atoms with Crippen molar-refractivity contribution >= 4 is 5.97 Å². The van der Waals surface area contributed by atoms with Crippen LogP contribution in [0.3, 0.4) is 0 Å². The zero-order valence-corrected chi connectivity index (χ0v) is 6.22. The van der Waals surface area contributed by atoms with Crippen molar-refractivity contribution in [1.29, 1.82) is 0 Å². The van der Waals surface area contributed by atoms with Crippen LogP contribution < -0.4 is 4.99 Å². The minimum Gasteiger partial charge on any atom is -0.492 e. The molecule has 1 rings (SSSR count). The van der Waals surface area contributed by atoms with Gasteiger partial charge in [-0.15, -0.1) is 0 Å². The van der Waals surface area contributed by atoms with Crippen LogP contribution >= 0.6 is 0 Å². The van der Waals surface area contributed by atoms with Crippen molar-refractivity contribution in [2.45, 2.75) is 6.92 Å². The van der Waals surface area contributed by atoms with Gasteiger partial charge < -0.3 is 10.2 Å². The summed E-state index contributed by atoms with van der Waals surface area (Å²) in [4.78, 5) is 18.5. The van der Waals surface area contributed by atoms with Gasteiger partial charge in [0.25, 0.3) is 0 Å². The van der Waals surface area contributed by atoms with Crippen molar-refractivity contribution in [1.82, 2.24) is 4.73 Å². The number of aromatic hydroxyl groups is 2. The van der Waals surface area contributed by atoms with E-state index in [-0.39, 0.29) is 11.8 Å². The highest BCUT2D eigenvalue weighted by atomic mass is 17.3. The summed E-state index contributed by atoms with van der Waals surface area (Å²) in [7, 11) is 0. The smallest absolute Gasteiger partial charge is 0.354 e. The summed E-state index contributed by atoms with van der Waals surface area (Å²) < 4.78 is 0.557. The summed E-state index contributed by atoms with van der Waals surface area (Å²) in [5.74, 6) is -1.43. The van der Waals surface area contributed by atoms with E-state index in [9.17, 15) is 4.79 Å². The molecule has 6 heteroatoms. The Labute approximate surface area is 67.4 Å². The van der Waals surface area contributed by atoms with Gasteiger partial charge in [-0.3, -0.25) is 0 Å². The van der Waals surface area contributed by atoms with Gasteiger partial charge in [-0.2, -0.15) is 4.99 Å². The Bertz CT molecular complexity index is 273. The fourth-order valence-electron chi connectivity index (χ4n) is 0.568. The highest BCUT2D eigenvalue weighted by Gasteiger charge is 2.08. The maximum absolute atomic E-state index is 10.2. The van der Waals surface area contributed by atoms with Gasteiger partial charge in [0, 0.05) is 19.1 Å². The first-order valence-corrected chi connectivity index (χ1v) is 3.06. The van der Waals surface area contributed by atoms with Gasteiger partial charge in [0.05, 0.1) is 0 Å². The van der Waals surface area contributed by atoms with Crippen LogP contribution in [0.1, 0.15) is 6.92 Å². The quantitative estimate of drug-likeness (QED) is 0.478. The lowest BCUT2D eigenvalue weighted by Gasteiger charge is -2.03. The summed E-state index contributed by atoms with van der Waals surface area (Å²) in [5.41, 5.74) is 0. The van der Waals surface area contributed by atoms with Gasteiger partial charge in [-0.25, -0.2) is 9.68 Å². The predicted octanol–water partition coefficient (Wildman–Crippen LogP) is -0.194. The van der Waals surface area contributed by atoms with Crippen LogP contribution in [0.5, 0.6) is 11.8 Å². The summed E-state index contributed by atoms with van der Waals surface area (Å²) in [6, 6.07) is 2.36. The number of nitrogens with zero attached hydrogens (tertiary/aromatic N) is 1. The summed E-state index contributed by atoms with van der Waals surface area (Å²) in [6.45, 7) is 1.12. The van der Waals surface area contributed by atoms with Gasteiger partial charge >= 0.3 is 5.97 Å². The van der Waals surface area contributed by atoms with E-state index in [1.54, 1.807) is 0 Å². The third-order valence-corrected chi connectivity index (χ3v) is 1.03. The average Bonchev–Trinajstić information content (AvgIpc) is 2.28. The largest absolute Gasteiger partial charge is 0.492 e. The molecule has 1 aromatic heterocycles. The topological polar surface area (TPSA) is 80.9 Å². The van der Waals surface area contributed by atoms with Crippen molar-refractivity contribution in [3.8, 4) is 11.8 Å². The molecule has 66 valence electrons. The maximum atomic E-state index is 10.2. The highest BCUT2D eigenvalue weighted by Crippen LogP contribution is 2.18. The molecule has 0 amide bonds. The van der Waals surface area contributed by atoms with Crippen LogP contribution in [-0.2, 0) is 9.68 Å². The molecule has 0 aromatic carbocycles. The van der Waals surface area contributed by atoms with Crippen LogP contribution in [-0.4, -0.2) is 20.9 Å². The SMILES string of the molecule is CC(=O)OOn1c(O)ccc1O. The number of hydrogen-bond acceptors (Lipinski definition) is 5. The molecule has 1 aromatic rings. The molecule has 0 aliphatic heterocycles. The number of hydrogen-bond donors (Lipinski definition) is 2. The molecule has 0 radical (unpaired) electrons. The third-order valence-electron chi connectivity index (χ3n) is 1.03. The van der Waals surface area contributed by atoms with E-state index in [1.165, 1.54) is 12.1 Å². The number of carbonyl (C=O) groups is 1. The van der Waals surface area contributed by atoms with Gasteiger partial charge in [0.2, 0.25) is 11.8 Å². The van der Waals surface area contributed by atoms with Crippen molar-refractivity contribution in [3.05, 3.63) is 12.1 Å². The Kier molecular flexibility index (Phi) is 2.09. The molecular weight excluding hydrogens is 166 g/mol. The number of carbonyl (C=O) groups excluding carboxylic acids is 1. The molecule has 6 nitrogen and oxygen atoms in total. The number of rotatable bonds is 2. The molecule has 2 N–H and O–H groups in total. The van der Waals surface area contributed by atoms with Gasteiger partial charge in [-0.1, -0.05) is 4.73 Å². The first kappa shape index (κ1) is 8.25. The second-order valence-corrected chi connectivity index (χ2v) is 1.99. The molecule has 0 aliphatic carbocycles.